The molecule has 41 heavy (non-hydrogen) atoms. The van der Waals surface area contributed by atoms with E-state index in [-0.39, 0.29) is 48.9 Å². The van der Waals surface area contributed by atoms with Gasteiger partial charge in [0.05, 0.1) is 18.6 Å². The van der Waals surface area contributed by atoms with Crippen molar-refractivity contribution in [1.29, 1.82) is 0 Å². The van der Waals surface area contributed by atoms with Crippen LogP contribution >= 0.6 is 0 Å². The fraction of sp³-hybridized carbons (Fsp3) is 0.576. The molecule has 1 aliphatic heterocycles. The van der Waals surface area contributed by atoms with Crippen LogP contribution in [-0.4, -0.2) is 53.0 Å². The smallest absolute Gasteiger partial charge is 0.323 e. The normalized spacial score (nSPS) is 19.7. The summed E-state index contributed by atoms with van der Waals surface area (Å²) in [5.41, 5.74) is 1.24. The van der Waals surface area contributed by atoms with E-state index in [9.17, 15) is 14.0 Å². The van der Waals surface area contributed by atoms with Crippen molar-refractivity contribution in [2.24, 2.45) is 5.92 Å². The van der Waals surface area contributed by atoms with Gasteiger partial charge in [-0.25, -0.2) is 4.39 Å². The Morgan fingerprint density at radius 3 is 2.24 bits per heavy atom. The van der Waals surface area contributed by atoms with Gasteiger partial charge < -0.3 is 18.9 Å². The van der Waals surface area contributed by atoms with Crippen LogP contribution in [0.4, 0.5) is 4.39 Å². The number of benzene rings is 2. The molecule has 2 aromatic rings. The van der Waals surface area contributed by atoms with Gasteiger partial charge in [-0.3, -0.25) is 14.5 Å². The van der Waals surface area contributed by atoms with Gasteiger partial charge >= 0.3 is 11.9 Å². The molecule has 0 radical (unpaired) electrons. The second kappa shape index (κ2) is 14.4. The number of nitrogens with zero attached hydrogens (tertiary/aromatic N) is 1. The van der Waals surface area contributed by atoms with Gasteiger partial charge in [0, 0.05) is 19.5 Å². The van der Waals surface area contributed by atoms with Crippen molar-refractivity contribution in [2.75, 3.05) is 6.54 Å². The highest BCUT2D eigenvalue weighted by atomic mass is 19.1. The van der Waals surface area contributed by atoms with Crippen molar-refractivity contribution >= 4 is 11.9 Å². The van der Waals surface area contributed by atoms with Crippen LogP contribution in [-0.2, 0) is 41.7 Å². The minimum atomic E-state index is -0.872. The van der Waals surface area contributed by atoms with Gasteiger partial charge in [0.1, 0.15) is 24.1 Å². The van der Waals surface area contributed by atoms with Gasteiger partial charge in [-0.2, -0.15) is 0 Å². The van der Waals surface area contributed by atoms with E-state index in [1.165, 1.54) is 12.1 Å². The van der Waals surface area contributed by atoms with Crippen molar-refractivity contribution in [2.45, 2.75) is 111 Å². The lowest BCUT2D eigenvalue weighted by Crippen LogP contribution is -2.49. The second-order valence-corrected chi connectivity index (χ2v) is 12.6. The maximum Gasteiger partial charge on any atom is 0.323 e. The predicted octanol–water partition coefficient (Wildman–Crippen LogP) is 6.43. The number of hydrogen-bond donors (Lipinski definition) is 0. The first-order chi connectivity index (χ1) is 19.2. The van der Waals surface area contributed by atoms with Crippen molar-refractivity contribution in [3.63, 3.8) is 0 Å². The minimum Gasteiger partial charge on any atom is -0.460 e. The molecule has 0 N–H and O–H groups in total. The number of ether oxygens (including phenoxy) is 4. The first kappa shape index (κ1) is 32.7. The average Bonchev–Trinajstić information content (AvgIpc) is 2.85. The van der Waals surface area contributed by atoms with Crippen molar-refractivity contribution in [3.8, 4) is 0 Å². The van der Waals surface area contributed by atoms with Crippen molar-refractivity contribution in [1.82, 2.24) is 4.90 Å². The van der Waals surface area contributed by atoms with E-state index in [1.54, 1.807) is 12.1 Å². The van der Waals surface area contributed by atoms with Gasteiger partial charge in [0.15, 0.2) is 5.79 Å². The van der Waals surface area contributed by atoms with E-state index in [2.05, 4.69) is 4.90 Å². The Labute approximate surface area is 244 Å². The zero-order chi connectivity index (χ0) is 30.2. The number of carbonyl (C=O) groups excluding carboxylic acids is 2. The standard InChI is InChI=1S/C33H46FNO6/c1-23(2)30(31(37)38-22-25-11-9-8-10-12-25)35(21-24-13-15-26(34)16-14-24)18-17-27-19-28(40-33(6,7)39-27)20-29(36)41-32(3,4)5/h8-16,23,27-28,30H,17-22H2,1-7H3/t27-,28-,30?/m1/s1. The Morgan fingerprint density at radius 1 is 1.00 bits per heavy atom. The summed E-state index contributed by atoms with van der Waals surface area (Å²) in [6.07, 6.45) is 0.725. The highest BCUT2D eigenvalue weighted by Crippen LogP contribution is 2.31. The molecule has 0 aliphatic carbocycles. The highest BCUT2D eigenvalue weighted by molar-refractivity contribution is 5.76. The molecule has 3 atom stereocenters. The number of halogens is 1. The summed E-state index contributed by atoms with van der Waals surface area (Å²) in [6.45, 7) is 14.4. The fourth-order valence-corrected chi connectivity index (χ4v) is 5.20. The maximum atomic E-state index is 13.6. The highest BCUT2D eigenvalue weighted by Gasteiger charge is 2.38. The van der Waals surface area contributed by atoms with E-state index in [0.29, 0.717) is 25.9 Å². The van der Waals surface area contributed by atoms with Gasteiger partial charge in [0.2, 0.25) is 0 Å². The van der Waals surface area contributed by atoms with Crippen molar-refractivity contribution in [3.05, 3.63) is 71.5 Å². The molecule has 0 saturated carbocycles. The number of esters is 2. The van der Waals surface area contributed by atoms with E-state index in [0.717, 1.165) is 11.1 Å². The van der Waals surface area contributed by atoms with E-state index in [4.69, 9.17) is 18.9 Å². The third kappa shape index (κ3) is 11.2. The molecule has 1 unspecified atom stereocenters. The maximum absolute atomic E-state index is 13.6. The van der Waals surface area contributed by atoms with Crippen LogP contribution in [0, 0.1) is 11.7 Å². The summed E-state index contributed by atoms with van der Waals surface area (Å²) < 4.78 is 37.2. The average molecular weight is 572 g/mol. The summed E-state index contributed by atoms with van der Waals surface area (Å²) in [7, 11) is 0. The minimum absolute atomic E-state index is 0.0364. The Bertz CT molecular complexity index is 1110. The zero-order valence-electron chi connectivity index (χ0n) is 25.5. The molecular weight excluding hydrogens is 525 g/mol. The lowest BCUT2D eigenvalue weighted by atomic mass is 9.99. The summed E-state index contributed by atoms with van der Waals surface area (Å²) in [6, 6.07) is 15.4. The monoisotopic (exact) mass is 571 g/mol. The molecule has 1 fully saturated rings. The molecule has 1 aliphatic rings. The van der Waals surface area contributed by atoms with Crippen LogP contribution in [0.25, 0.3) is 0 Å². The molecule has 0 bridgehead atoms. The van der Waals surface area contributed by atoms with Crippen LogP contribution < -0.4 is 0 Å². The molecule has 1 saturated heterocycles. The Balaban J connectivity index is 1.74. The SMILES string of the molecule is CC(C)C(C(=O)OCc1ccccc1)N(CC[C@@H]1C[C@H](CC(=O)OC(C)(C)C)OC(C)(C)O1)Cc1ccc(F)cc1. The molecule has 7 nitrogen and oxygen atoms in total. The summed E-state index contributed by atoms with van der Waals surface area (Å²) in [4.78, 5) is 28.1. The Hall–Kier alpha value is -2.81. The summed E-state index contributed by atoms with van der Waals surface area (Å²) in [5, 5.41) is 0. The summed E-state index contributed by atoms with van der Waals surface area (Å²) >= 11 is 0. The first-order valence-electron chi connectivity index (χ1n) is 14.5. The Kier molecular flexibility index (Phi) is 11.5. The van der Waals surface area contributed by atoms with Crippen LogP contribution in [0.1, 0.15) is 78.9 Å². The number of hydrogen-bond acceptors (Lipinski definition) is 7. The number of rotatable bonds is 12. The molecule has 3 rings (SSSR count). The molecule has 0 aromatic heterocycles. The van der Waals surface area contributed by atoms with Crippen LogP contribution in [0.5, 0.6) is 0 Å². The van der Waals surface area contributed by atoms with Gasteiger partial charge in [0.25, 0.3) is 0 Å². The molecular formula is C33H46FNO6. The quantitative estimate of drug-likeness (QED) is 0.272. The third-order valence-electron chi connectivity index (χ3n) is 6.77. The van der Waals surface area contributed by atoms with Gasteiger partial charge in [-0.1, -0.05) is 56.3 Å². The first-order valence-corrected chi connectivity index (χ1v) is 14.5. The van der Waals surface area contributed by atoms with Crippen LogP contribution in [0.15, 0.2) is 54.6 Å². The molecule has 226 valence electrons. The van der Waals surface area contributed by atoms with Gasteiger partial charge in [-0.15, -0.1) is 0 Å². The van der Waals surface area contributed by atoms with Gasteiger partial charge in [-0.05, 0) is 70.2 Å². The van der Waals surface area contributed by atoms with E-state index >= 15 is 0 Å². The molecule has 0 amide bonds. The molecule has 2 aromatic carbocycles. The van der Waals surface area contributed by atoms with E-state index in [1.807, 2.05) is 78.8 Å². The second-order valence-electron chi connectivity index (χ2n) is 12.6. The lowest BCUT2D eigenvalue weighted by molar-refractivity contribution is -0.301. The van der Waals surface area contributed by atoms with Crippen LogP contribution in [0.3, 0.4) is 0 Å². The Morgan fingerprint density at radius 2 is 1.63 bits per heavy atom. The third-order valence-corrected chi connectivity index (χ3v) is 6.77. The molecule has 1 heterocycles. The molecule has 8 heteroatoms. The number of carbonyl (C=O) groups is 2. The molecule has 0 spiro atoms. The predicted molar refractivity (Wildman–Crippen MR) is 155 cm³/mol. The zero-order valence-corrected chi connectivity index (χ0v) is 25.5. The fourth-order valence-electron chi connectivity index (χ4n) is 5.20. The largest absolute Gasteiger partial charge is 0.460 e. The topological polar surface area (TPSA) is 74.3 Å². The van der Waals surface area contributed by atoms with Crippen LogP contribution in [0.2, 0.25) is 0 Å². The van der Waals surface area contributed by atoms with Crippen molar-refractivity contribution < 1.29 is 32.9 Å². The summed E-state index contributed by atoms with van der Waals surface area (Å²) in [5.74, 6) is -1.83. The van der Waals surface area contributed by atoms with E-state index < -0.39 is 17.4 Å². The lowest BCUT2D eigenvalue weighted by Gasteiger charge is -2.42.